The molecule has 0 aliphatic rings. The molecule has 25 heavy (non-hydrogen) atoms. The second kappa shape index (κ2) is 7.36. The van der Waals surface area contributed by atoms with E-state index in [-0.39, 0.29) is 5.43 Å². The van der Waals surface area contributed by atoms with Crippen molar-refractivity contribution in [3.8, 4) is 11.5 Å². The molecule has 1 aromatic heterocycles. The van der Waals surface area contributed by atoms with Crippen LogP contribution in [0.1, 0.15) is 5.56 Å². The number of hydrogen-bond donors (Lipinski definition) is 1. The molecule has 0 aliphatic heterocycles. The first kappa shape index (κ1) is 17.0. The molecule has 3 aromatic rings. The highest BCUT2D eigenvalue weighted by Crippen LogP contribution is 2.27. The highest BCUT2D eigenvalue weighted by molar-refractivity contribution is 5.77. The van der Waals surface area contributed by atoms with E-state index in [4.69, 9.17) is 9.47 Å². The second-order valence-corrected chi connectivity index (χ2v) is 6.01. The Bertz CT molecular complexity index is 937. The van der Waals surface area contributed by atoms with Crippen LogP contribution in [0.25, 0.3) is 10.9 Å². The van der Waals surface area contributed by atoms with Gasteiger partial charge in [-0.15, -0.1) is 0 Å². The number of nitrogens with zero attached hydrogens (tertiary/aromatic N) is 2. The first-order chi connectivity index (χ1) is 12.1. The summed E-state index contributed by atoms with van der Waals surface area (Å²) in [7, 11) is 5.35. The van der Waals surface area contributed by atoms with Crippen LogP contribution >= 0.6 is 0 Å². The molecule has 1 atom stereocenters. The maximum absolute atomic E-state index is 11.9. The molecule has 1 heterocycles. The smallest absolute Gasteiger partial charge is 0.207 e. The SMILES string of the molecule is COc1ccc(C[NH+](C)Cn2ncc(=O)c3ccccc32)cc1OC. The van der Waals surface area contributed by atoms with Gasteiger partial charge >= 0.3 is 0 Å². The van der Waals surface area contributed by atoms with Crippen LogP contribution in [0.5, 0.6) is 11.5 Å². The molecule has 0 saturated heterocycles. The van der Waals surface area contributed by atoms with Gasteiger partial charge in [-0.05, 0) is 30.3 Å². The van der Waals surface area contributed by atoms with E-state index in [0.717, 1.165) is 29.1 Å². The van der Waals surface area contributed by atoms with E-state index < -0.39 is 0 Å². The Morgan fingerprint density at radius 3 is 2.60 bits per heavy atom. The Balaban J connectivity index is 1.81. The molecule has 0 saturated carbocycles. The molecule has 2 aromatic carbocycles. The molecule has 1 unspecified atom stereocenters. The van der Waals surface area contributed by atoms with Crippen LogP contribution in [0.15, 0.2) is 53.5 Å². The summed E-state index contributed by atoms with van der Waals surface area (Å²) in [5.74, 6) is 1.44. The third-order valence-corrected chi connectivity index (χ3v) is 4.14. The number of nitrogens with one attached hydrogen (secondary N) is 1. The molecule has 1 N–H and O–H groups in total. The van der Waals surface area contributed by atoms with Crippen LogP contribution < -0.4 is 19.8 Å². The minimum atomic E-state index is -0.0515. The van der Waals surface area contributed by atoms with Crippen molar-refractivity contribution in [3.63, 3.8) is 0 Å². The monoisotopic (exact) mass is 340 g/mol. The zero-order valence-corrected chi connectivity index (χ0v) is 14.7. The second-order valence-electron chi connectivity index (χ2n) is 6.01. The fourth-order valence-electron chi connectivity index (χ4n) is 2.94. The van der Waals surface area contributed by atoms with Gasteiger partial charge in [0.15, 0.2) is 18.2 Å². The molecule has 3 rings (SSSR count). The number of rotatable bonds is 6. The molecule has 0 fully saturated rings. The maximum Gasteiger partial charge on any atom is 0.207 e. The average molecular weight is 340 g/mol. The molecule has 0 amide bonds. The van der Waals surface area contributed by atoms with Gasteiger partial charge in [0.2, 0.25) is 5.43 Å². The van der Waals surface area contributed by atoms with Crippen molar-refractivity contribution in [2.45, 2.75) is 13.2 Å². The van der Waals surface area contributed by atoms with Gasteiger partial charge in [0.1, 0.15) is 6.54 Å². The molecule has 130 valence electrons. The average Bonchev–Trinajstić information content (AvgIpc) is 2.64. The zero-order chi connectivity index (χ0) is 17.8. The lowest BCUT2D eigenvalue weighted by Gasteiger charge is -2.17. The van der Waals surface area contributed by atoms with Crippen molar-refractivity contribution in [1.82, 2.24) is 9.78 Å². The number of methoxy groups -OCH3 is 2. The van der Waals surface area contributed by atoms with Crippen molar-refractivity contribution in [3.05, 3.63) is 64.4 Å². The third kappa shape index (κ3) is 3.64. The van der Waals surface area contributed by atoms with Gasteiger partial charge in [0, 0.05) is 10.9 Å². The molecule has 6 nitrogen and oxygen atoms in total. The Kier molecular flexibility index (Phi) is 5.00. The fourth-order valence-corrected chi connectivity index (χ4v) is 2.94. The third-order valence-electron chi connectivity index (χ3n) is 4.14. The fraction of sp³-hybridized carbons (Fsp3) is 0.263. The normalized spacial score (nSPS) is 12.1. The quantitative estimate of drug-likeness (QED) is 0.730. The number of ether oxygens (including phenoxy) is 2. The van der Waals surface area contributed by atoms with E-state index in [1.165, 1.54) is 11.1 Å². The summed E-state index contributed by atoms with van der Waals surface area (Å²) in [5.41, 5.74) is 1.94. The largest absolute Gasteiger partial charge is 0.493 e. The number of benzene rings is 2. The summed E-state index contributed by atoms with van der Waals surface area (Å²) in [6.07, 6.45) is 1.38. The van der Waals surface area contributed by atoms with E-state index in [0.29, 0.717) is 12.1 Å². The molecule has 0 radical (unpaired) electrons. The van der Waals surface area contributed by atoms with Crippen molar-refractivity contribution in [2.75, 3.05) is 21.3 Å². The van der Waals surface area contributed by atoms with Crippen LogP contribution in [-0.2, 0) is 13.2 Å². The van der Waals surface area contributed by atoms with Gasteiger partial charge in [-0.3, -0.25) is 4.79 Å². The van der Waals surface area contributed by atoms with Crippen molar-refractivity contribution in [2.24, 2.45) is 0 Å². The lowest BCUT2D eigenvalue weighted by molar-refractivity contribution is -0.917. The highest BCUT2D eigenvalue weighted by Gasteiger charge is 2.11. The van der Waals surface area contributed by atoms with Gasteiger partial charge in [-0.2, -0.15) is 5.10 Å². The topological polar surface area (TPSA) is 57.8 Å². The van der Waals surface area contributed by atoms with Gasteiger partial charge in [-0.25, -0.2) is 4.68 Å². The maximum atomic E-state index is 11.9. The summed E-state index contributed by atoms with van der Waals surface area (Å²) in [4.78, 5) is 13.2. The van der Waals surface area contributed by atoms with E-state index in [9.17, 15) is 4.79 Å². The van der Waals surface area contributed by atoms with E-state index in [1.54, 1.807) is 14.2 Å². The summed E-state index contributed by atoms with van der Waals surface area (Å²) < 4.78 is 12.5. The molecule has 0 bridgehead atoms. The minimum absolute atomic E-state index is 0.0515. The van der Waals surface area contributed by atoms with Crippen LogP contribution in [0.3, 0.4) is 0 Å². The van der Waals surface area contributed by atoms with Crippen molar-refractivity contribution < 1.29 is 14.4 Å². The van der Waals surface area contributed by atoms with Gasteiger partial charge in [0.05, 0.1) is 33.0 Å². The Morgan fingerprint density at radius 1 is 1.08 bits per heavy atom. The lowest BCUT2D eigenvalue weighted by Crippen LogP contribution is -3.07. The highest BCUT2D eigenvalue weighted by atomic mass is 16.5. The van der Waals surface area contributed by atoms with Gasteiger partial charge in [0.25, 0.3) is 0 Å². The molecular weight excluding hydrogens is 318 g/mol. The first-order valence-corrected chi connectivity index (χ1v) is 8.09. The van der Waals surface area contributed by atoms with E-state index >= 15 is 0 Å². The summed E-state index contributed by atoms with van der Waals surface area (Å²) in [5, 5.41) is 4.98. The van der Waals surface area contributed by atoms with E-state index in [2.05, 4.69) is 12.1 Å². The zero-order valence-electron chi connectivity index (χ0n) is 14.7. The molecular formula is C19H22N3O3+. The Labute approximate surface area is 146 Å². The number of para-hydroxylation sites is 1. The molecule has 0 spiro atoms. The summed E-state index contributed by atoms with van der Waals surface area (Å²) >= 11 is 0. The number of quaternary nitrogens is 1. The van der Waals surface area contributed by atoms with Gasteiger partial charge < -0.3 is 14.4 Å². The minimum Gasteiger partial charge on any atom is -0.493 e. The summed E-state index contributed by atoms with van der Waals surface area (Å²) in [6.45, 7) is 1.44. The van der Waals surface area contributed by atoms with Crippen molar-refractivity contribution >= 4 is 10.9 Å². The van der Waals surface area contributed by atoms with Crippen LogP contribution in [0, 0.1) is 0 Å². The predicted octanol–water partition coefficient (Wildman–Crippen LogP) is 1.09. The summed E-state index contributed by atoms with van der Waals surface area (Å²) in [6, 6.07) is 13.5. The van der Waals surface area contributed by atoms with Crippen LogP contribution in [0.2, 0.25) is 0 Å². The van der Waals surface area contributed by atoms with E-state index in [1.807, 2.05) is 47.1 Å². The van der Waals surface area contributed by atoms with Crippen LogP contribution in [-0.4, -0.2) is 31.0 Å². The van der Waals surface area contributed by atoms with Crippen LogP contribution in [0.4, 0.5) is 0 Å². The van der Waals surface area contributed by atoms with Gasteiger partial charge in [-0.1, -0.05) is 12.1 Å². The lowest BCUT2D eigenvalue weighted by atomic mass is 10.2. The Morgan fingerprint density at radius 2 is 1.84 bits per heavy atom. The predicted molar refractivity (Wildman–Crippen MR) is 96.1 cm³/mol. The molecule has 0 aliphatic carbocycles. The standard InChI is InChI=1S/C19H21N3O3/c1-21(12-14-8-9-18(24-2)19(10-14)25-3)13-22-16-7-5-4-6-15(16)17(23)11-20-22/h4-11H,12-13H2,1-3H3/p+1. The first-order valence-electron chi connectivity index (χ1n) is 8.09. The van der Waals surface area contributed by atoms with Crippen molar-refractivity contribution in [1.29, 1.82) is 0 Å². The number of fused-ring (bicyclic) bond motifs is 1. The molecule has 6 heteroatoms. The number of hydrogen-bond acceptors (Lipinski definition) is 4. The Hall–Kier alpha value is -2.86. The number of aromatic nitrogens is 2.